The predicted molar refractivity (Wildman–Crippen MR) is 59.6 cm³/mol. The number of benzene rings is 1. The van der Waals surface area contributed by atoms with Crippen LogP contribution in [0.25, 0.3) is 0 Å². The Hall–Kier alpha value is -1.55. The molecule has 80 valence electrons. The Morgan fingerprint density at radius 3 is 2.33 bits per heavy atom. The minimum atomic E-state index is -0.539. The highest BCUT2D eigenvalue weighted by atomic mass is 16.2. The lowest BCUT2D eigenvalue weighted by atomic mass is 9.96. The zero-order chi connectivity index (χ0) is 10.9. The minimum Gasteiger partial charge on any atom is -0.351 e. The van der Waals surface area contributed by atoms with Crippen molar-refractivity contribution in [2.75, 3.05) is 11.9 Å². The molecular formula is C11H15N3O. The average Bonchev–Trinajstić information content (AvgIpc) is 2.99. The van der Waals surface area contributed by atoms with E-state index in [2.05, 4.69) is 5.32 Å². The summed E-state index contributed by atoms with van der Waals surface area (Å²) in [6.07, 6.45) is 2.32. The second kappa shape index (κ2) is 3.55. The molecule has 0 unspecified atom stereocenters. The van der Waals surface area contributed by atoms with Gasteiger partial charge in [0.05, 0.1) is 0 Å². The number of carbonyl (C=O) groups is 1. The van der Waals surface area contributed by atoms with E-state index in [-0.39, 0.29) is 5.41 Å². The smallest absolute Gasteiger partial charge is 0.316 e. The van der Waals surface area contributed by atoms with Gasteiger partial charge in [-0.15, -0.1) is 0 Å². The maximum Gasteiger partial charge on any atom is 0.316 e. The fourth-order valence-electron chi connectivity index (χ4n) is 1.81. The number of amides is 2. The van der Waals surface area contributed by atoms with Gasteiger partial charge in [-0.05, 0) is 30.5 Å². The number of hydrogen-bond donors (Lipinski definition) is 3. The van der Waals surface area contributed by atoms with Gasteiger partial charge in [-0.1, -0.05) is 12.1 Å². The zero-order valence-corrected chi connectivity index (χ0v) is 8.49. The molecule has 1 aliphatic carbocycles. The first kappa shape index (κ1) is 9.98. The molecule has 1 aromatic rings. The Kier molecular flexibility index (Phi) is 2.36. The van der Waals surface area contributed by atoms with Crippen LogP contribution in [0, 0.1) is 0 Å². The number of nitrogens with one attached hydrogen (secondary N) is 1. The molecule has 4 nitrogen and oxygen atoms in total. The Morgan fingerprint density at radius 2 is 1.93 bits per heavy atom. The molecule has 15 heavy (non-hydrogen) atoms. The molecule has 0 saturated heterocycles. The quantitative estimate of drug-likeness (QED) is 0.692. The molecule has 0 heterocycles. The molecule has 5 N–H and O–H groups in total. The van der Waals surface area contributed by atoms with Gasteiger partial charge < -0.3 is 16.8 Å². The van der Waals surface area contributed by atoms with Crippen LogP contribution in [0.2, 0.25) is 0 Å². The maximum absolute atomic E-state index is 10.6. The number of urea groups is 1. The van der Waals surface area contributed by atoms with E-state index in [1.807, 2.05) is 24.3 Å². The highest BCUT2D eigenvalue weighted by Crippen LogP contribution is 2.47. The van der Waals surface area contributed by atoms with E-state index in [1.54, 1.807) is 0 Å². The summed E-state index contributed by atoms with van der Waals surface area (Å²) in [6, 6.07) is 7.18. The van der Waals surface area contributed by atoms with Crippen LogP contribution in [-0.2, 0) is 5.41 Å². The van der Waals surface area contributed by atoms with Crippen LogP contribution in [0.1, 0.15) is 18.4 Å². The van der Waals surface area contributed by atoms with Crippen LogP contribution in [-0.4, -0.2) is 12.6 Å². The van der Waals surface area contributed by atoms with Crippen LogP contribution in [0.15, 0.2) is 24.3 Å². The summed E-state index contributed by atoms with van der Waals surface area (Å²) in [5, 5.41) is 2.53. The van der Waals surface area contributed by atoms with E-state index < -0.39 is 6.03 Å². The van der Waals surface area contributed by atoms with E-state index >= 15 is 0 Å². The summed E-state index contributed by atoms with van der Waals surface area (Å²) in [6.45, 7) is 0.690. The molecule has 0 aromatic heterocycles. The number of hydrogen-bond acceptors (Lipinski definition) is 2. The van der Waals surface area contributed by atoms with Gasteiger partial charge in [0, 0.05) is 17.6 Å². The van der Waals surface area contributed by atoms with E-state index in [9.17, 15) is 4.79 Å². The third-order valence-corrected chi connectivity index (χ3v) is 3.01. The van der Waals surface area contributed by atoms with Gasteiger partial charge in [0.2, 0.25) is 0 Å². The van der Waals surface area contributed by atoms with E-state index in [0.29, 0.717) is 6.54 Å². The first-order chi connectivity index (χ1) is 7.16. The summed E-state index contributed by atoms with van der Waals surface area (Å²) < 4.78 is 0. The fourth-order valence-corrected chi connectivity index (χ4v) is 1.81. The SMILES string of the molecule is NCC1(c2ccc(NC(N)=O)cc2)CC1. The highest BCUT2D eigenvalue weighted by Gasteiger charge is 2.42. The molecule has 2 amide bonds. The molecule has 0 spiro atoms. The maximum atomic E-state index is 10.6. The second-order valence-electron chi connectivity index (χ2n) is 4.05. The van der Waals surface area contributed by atoms with Crippen LogP contribution < -0.4 is 16.8 Å². The number of anilines is 1. The van der Waals surface area contributed by atoms with Crippen molar-refractivity contribution in [2.45, 2.75) is 18.3 Å². The van der Waals surface area contributed by atoms with Crippen molar-refractivity contribution in [3.63, 3.8) is 0 Å². The van der Waals surface area contributed by atoms with E-state index in [1.165, 1.54) is 5.56 Å². The number of carbonyl (C=O) groups excluding carboxylic acids is 1. The first-order valence-corrected chi connectivity index (χ1v) is 5.03. The van der Waals surface area contributed by atoms with Crippen molar-refractivity contribution >= 4 is 11.7 Å². The second-order valence-corrected chi connectivity index (χ2v) is 4.05. The summed E-state index contributed by atoms with van der Waals surface area (Å²) >= 11 is 0. The Morgan fingerprint density at radius 1 is 1.33 bits per heavy atom. The highest BCUT2D eigenvalue weighted by molar-refractivity contribution is 5.87. The van der Waals surface area contributed by atoms with Crippen molar-refractivity contribution in [1.82, 2.24) is 0 Å². The minimum absolute atomic E-state index is 0.200. The van der Waals surface area contributed by atoms with Crippen LogP contribution in [0.3, 0.4) is 0 Å². The lowest BCUT2D eigenvalue weighted by Gasteiger charge is -2.13. The Bertz CT molecular complexity index is 368. The molecule has 1 aliphatic rings. The topological polar surface area (TPSA) is 81.1 Å². The van der Waals surface area contributed by atoms with Gasteiger partial charge in [0.1, 0.15) is 0 Å². The fraction of sp³-hybridized carbons (Fsp3) is 0.364. The third-order valence-electron chi connectivity index (χ3n) is 3.01. The molecular weight excluding hydrogens is 190 g/mol. The lowest BCUT2D eigenvalue weighted by molar-refractivity contribution is 0.259. The predicted octanol–water partition coefficient (Wildman–Crippen LogP) is 1.17. The Labute approximate surface area is 88.6 Å². The van der Waals surface area contributed by atoms with Crippen molar-refractivity contribution in [3.8, 4) is 0 Å². The van der Waals surface area contributed by atoms with E-state index in [4.69, 9.17) is 11.5 Å². The zero-order valence-electron chi connectivity index (χ0n) is 8.49. The van der Waals surface area contributed by atoms with Gasteiger partial charge in [-0.25, -0.2) is 4.79 Å². The monoisotopic (exact) mass is 205 g/mol. The lowest BCUT2D eigenvalue weighted by Crippen LogP contribution is -2.21. The van der Waals surface area contributed by atoms with Crippen molar-refractivity contribution in [2.24, 2.45) is 11.5 Å². The van der Waals surface area contributed by atoms with Crippen molar-refractivity contribution in [1.29, 1.82) is 0 Å². The van der Waals surface area contributed by atoms with Gasteiger partial charge in [0.25, 0.3) is 0 Å². The van der Waals surface area contributed by atoms with Gasteiger partial charge in [-0.3, -0.25) is 0 Å². The van der Waals surface area contributed by atoms with Gasteiger partial charge in [-0.2, -0.15) is 0 Å². The summed E-state index contributed by atoms with van der Waals surface area (Å²) in [4.78, 5) is 10.6. The molecule has 4 heteroatoms. The van der Waals surface area contributed by atoms with Crippen LogP contribution in [0.4, 0.5) is 10.5 Å². The van der Waals surface area contributed by atoms with Crippen molar-refractivity contribution in [3.05, 3.63) is 29.8 Å². The van der Waals surface area contributed by atoms with Gasteiger partial charge in [0.15, 0.2) is 0 Å². The molecule has 0 bridgehead atoms. The van der Waals surface area contributed by atoms with Crippen LogP contribution >= 0.6 is 0 Å². The molecule has 1 saturated carbocycles. The summed E-state index contributed by atoms with van der Waals surface area (Å²) in [5.74, 6) is 0. The van der Waals surface area contributed by atoms with Gasteiger partial charge >= 0.3 is 6.03 Å². The normalized spacial score (nSPS) is 17.1. The van der Waals surface area contributed by atoms with Crippen molar-refractivity contribution < 1.29 is 4.79 Å². The molecule has 1 aromatic carbocycles. The largest absolute Gasteiger partial charge is 0.351 e. The summed E-state index contributed by atoms with van der Waals surface area (Å²) in [5.41, 5.74) is 12.9. The molecule has 0 atom stereocenters. The average molecular weight is 205 g/mol. The number of primary amides is 1. The molecule has 1 fully saturated rings. The molecule has 0 radical (unpaired) electrons. The summed E-state index contributed by atoms with van der Waals surface area (Å²) in [7, 11) is 0. The Balaban J connectivity index is 2.14. The third kappa shape index (κ3) is 1.94. The standard InChI is InChI=1S/C11H15N3O/c12-7-11(5-6-11)8-1-3-9(4-2-8)14-10(13)15/h1-4H,5-7,12H2,(H3,13,14,15). The number of rotatable bonds is 3. The molecule has 2 rings (SSSR count). The molecule has 0 aliphatic heterocycles. The first-order valence-electron chi connectivity index (χ1n) is 5.03. The van der Waals surface area contributed by atoms with E-state index in [0.717, 1.165) is 18.5 Å². The van der Waals surface area contributed by atoms with Crippen LogP contribution in [0.5, 0.6) is 0 Å². The number of nitrogens with two attached hydrogens (primary N) is 2.